The largest absolute Gasteiger partial charge is 0.497 e. The van der Waals surface area contributed by atoms with Crippen molar-refractivity contribution in [3.05, 3.63) is 59.2 Å². The van der Waals surface area contributed by atoms with Crippen molar-refractivity contribution in [3.63, 3.8) is 0 Å². The first-order valence-corrected chi connectivity index (χ1v) is 7.52. The maximum absolute atomic E-state index is 12.5. The summed E-state index contributed by atoms with van der Waals surface area (Å²) in [5.41, 5.74) is 0.819. The monoisotopic (exact) mass is 349 g/mol. The van der Waals surface area contributed by atoms with Crippen molar-refractivity contribution in [1.29, 1.82) is 0 Å². The third-order valence-electron chi connectivity index (χ3n) is 3.47. The second-order valence-corrected chi connectivity index (χ2v) is 5.16. The molecule has 0 spiro atoms. The Kier molecular flexibility index (Phi) is 6.31. The zero-order valence-electron chi connectivity index (χ0n) is 13.9. The topological polar surface area (TPSA) is 30.5 Å². The molecule has 2 aromatic rings. The molecule has 0 saturated heterocycles. The van der Waals surface area contributed by atoms with E-state index in [2.05, 4.69) is 17.2 Å². The number of hydrogen-bond donors (Lipinski definition) is 1. The lowest BCUT2D eigenvalue weighted by Crippen LogP contribution is -2.14. The number of ether oxygens (including phenoxy) is 2. The lowest BCUT2D eigenvalue weighted by atomic mass is 10.1. The minimum absolute atomic E-state index is 0.399. The fourth-order valence-corrected chi connectivity index (χ4v) is 2.15. The highest BCUT2D eigenvalue weighted by Gasteiger charge is 2.29. The molecule has 2 rings (SSSR count). The Labute approximate surface area is 144 Å². The molecule has 3 nitrogen and oxygen atoms in total. The summed E-state index contributed by atoms with van der Waals surface area (Å²) in [6, 6.07) is 10.3. The minimum Gasteiger partial charge on any atom is -0.497 e. The summed E-state index contributed by atoms with van der Waals surface area (Å²) in [5.74, 6) is 7.13. The van der Waals surface area contributed by atoms with Gasteiger partial charge in [-0.15, -0.1) is 0 Å². The molecule has 0 aliphatic rings. The van der Waals surface area contributed by atoms with Gasteiger partial charge in [0.05, 0.1) is 26.3 Å². The fraction of sp³-hybridized carbons (Fsp3) is 0.263. The number of halogens is 3. The molecule has 0 saturated carbocycles. The average molecular weight is 349 g/mol. The van der Waals surface area contributed by atoms with Crippen LogP contribution in [0.4, 0.5) is 13.2 Å². The van der Waals surface area contributed by atoms with E-state index in [1.807, 2.05) is 12.1 Å². The number of hydrogen-bond acceptors (Lipinski definition) is 3. The first kappa shape index (κ1) is 18.7. The maximum atomic E-state index is 12.5. The summed E-state index contributed by atoms with van der Waals surface area (Å²) in [7, 11) is 3.17. The van der Waals surface area contributed by atoms with Crippen molar-refractivity contribution < 1.29 is 22.6 Å². The second-order valence-electron chi connectivity index (χ2n) is 5.16. The molecule has 0 aliphatic heterocycles. The van der Waals surface area contributed by atoms with Crippen molar-refractivity contribution in [2.24, 2.45) is 0 Å². The smallest absolute Gasteiger partial charge is 0.416 e. The molecular formula is C19H18F3NO2. The van der Waals surface area contributed by atoms with E-state index in [0.29, 0.717) is 30.2 Å². The van der Waals surface area contributed by atoms with Crippen LogP contribution >= 0.6 is 0 Å². The molecule has 0 atom stereocenters. The third kappa shape index (κ3) is 5.44. The summed E-state index contributed by atoms with van der Waals surface area (Å²) in [6.07, 6.45) is -4.33. The fourth-order valence-electron chi connectivity index (χ4n) is 2.15. The lowest BCUT2D eigenvalue weighted by Gasteiger charge is -2.10. The number of benzene rings is 2. The van der Waals surface area contributed by atoms with Gasteiger partial charge >= 0.3 is 6.18 Å². The summed E-state index contributed by atoms with van der Waals surface area (Å²) in [4.78, 5) is 0. The lowest BCUT2D eigenvalue weighted by molar-refractivity contribution is -0.137. The van der Waals surface area contributed by atoms with Crippen molar-refractivity contribution in [2.45, 2.75) is 12.7 Å². The van der Waals surface area contributed by atoms with E-state index in [1.54, 1.807) is 20.3 Å². The van der Waals surface area contributed by atoms with Crippen LogP contribution < -0.4 is 14.8 Å². The molecule has 0 unspecified atom stereocenters. The molecule has 0 amide bonds. The van der Waals surface area contributed by atoms with Crippen molar-refractivity contribution >= 4 is 0 Å². The molecule has 0 heterocycles. The van der Waals surface area contributed by atoms with Gasteiger partial charge in [-0.05, 0) is 30.3 Å². The van der Waals surface area contributed by atoms with Crippen molar-refractivity contribution in [1.82, 2.24) is 5.32 Å². The molecule has 0 aromatic heterocycles. The molecule has 2 aromatic carbocycles. The minimum atomic E-state index is -4.33. The van der Waals surface area contributed by atoms with Crippen LogP contribution in [0, 0.1) is 11.8 Å². The molecule has 132 valence electrons. The Morgan fingerprint density at radius 3 is 2.32 bits per heavy atom. The van der Waals surface area contributed by atoms with Gasteiger partial charge in [0.1, 0.15) is 11.5 Å². The molecule has 0 fully saturated rings. The first-order chi connectivity index (χ1) is 11.9. The second kappa shape index (κ2) is 8.45. The summed E-state index contributed by atoms with van der Waals surface area (Å²) in [6.45, 7) is 0.949. The Bertz CT molecular complexity index is 759. The van der Waals surface area contributed by atoms with E-state index in [4.69, 9.17) is 9.47 Å². The van der Waals surface area contributed by atoms with Crippen LogP contribution in [0.2, 0.25) is 0 Å². The summed E-state index contributed by atoms with van der Waals surface area (Å²) in [5, 5.41) is 3.15. The highest BCUT2D eigenvalue weighted by molar-refractivity contribution is 5.41. The molecular weight excluding hydrogens is 331 g/mol. The van der Waals surface area contributed by atoms with Gasteiger partial charge in [-0.3, -0.25) is 0 Å². The SMILES string of the molecule is COc1ccc(CNCC#Cc2ccc(C(F)(F)F)cc2)c(OC)c1. The van der Waals surface area contributed by atoms with Crippen LogP contribution in [0.15, 0.2) is 42.5 Å². The van der Waals surface area contributed by atoms with Gasteiger partial charge in [-0.1, -0.05) is 17.9 Å². The zero-order chi connectivity index (χ0) is 18.3. The Morgan fingerprint density at radius 1 is 1.00 bits per heavy atom. The summed E-state index contributed by atoms with van der Waals surface area (Å²) < 4.78 is 47.9. The zero-order valence-corrected chi connectivity index (χ0v) is 13.9. The maximum Gasteiger partial charge on any atom is 0.416 e. The number of methoxy groups -OCH3 is 2. The van der Waals surface area contributed by atoms with Crippen molar-refractivity contribution in [2.75, 3.05) is 20.8 Å². The van der Waals surface area contributed by atoms with Gasteiger partial charge in [-0.2, -0.15) is 13.2 Å². The van der Waals surface area contributed by atoms with Crippen LogP contribution in [-0.2, 0) is 12.7 Å². The van der Waals surface area contributed by atoms with Gasteiger partial charge in [0.25, 0.3) is 0 Å². The van der Waals surface area contributed by atoms with Crippen LogP contribution in [0.1, 0.15) is 16.7 Å². The Morgan fingerprint density at radius 2 is 1.72 bits per heavy atom. The van der Waals surface area contributed by atoms with E-state index >= 15 is 0 Å². The average Bonchev–Trinajstić information content (AvgIpc) is 2.61. The predicted molar refractivity (Wildman–Crippen MR) is 89.6 cm³/mol. The standard InChI is InChI=1S/C19H18F3NO2/c1-24-17-10-7-15(18(12-17)25-2)13-23-11-3-4-14-5-8-16(9-6-14)19(20,21)22/h5-10,12,23H,11,13H2,1-2H3. The third-order valence-corrected chi connectivity index (χ3v) is 3.47. The van der Waals surface area contributed by atoms with Crippen LogP contribution in [0.3, 0.4) is 0 Å². The molecule has 25 heavy (non-hydrogen) atoms. The van der Waals surface area contributed by atoms with Crippen LogP contribution in [-0.4, -0.2) is 20.8 Å². The van der Waals surface area contributed by atoms with Gasteiger partial charge < -0.3 is 14.8 Å². The molecule has 6 heteroatoms. The van der Waals surface area contributed by atoms with E-state index in [-0.39, 0.29) is 0 Å². The molecule has 1 N–H and O–H groups in total. The molecule has 0 aliphatic carbocycles. The Balaban J connectivity index is 1.89. The van der Waals surface area contributed by atoms with Gasteiger partial charge in [0, 0.05) is 23.7 Å². The van der Waals surface area contributed by atoms with Crippen LogP contribution in [0.25, 0.3) is 0 Å². The van der Waals surface area contributed by atoms with Crippen molar-refractivity contribution in [3.8, 4) is 23.3 Å². The molecule has 0 bridgehead atoms. The number of rotatable bonds is 5. The number of alkyl halides is 3. The quantitative estimate of drug-likeness (QED) is 0.657. The molecule has 0 radical (unpaired) electrons. The van der Waals surface area contributed by atoms with E-state index in [9.17, 15) is 13.2 Å². The van der Waals surface area contributed by atoms with E-state index in [1.165, 1.54) is 12.1 Å². The highest BCUT2D eigenvalue weighted by Crippen LogP contribution is 2.29. The van der Waals surface area contributed by atoms with Crippen LogP contribution in [0.5, 0.6) is 11.5 Å². The van der Waals surface area contributed by atoms with Gasteiger partial charge in [0.2, 0.25) is 0 Å². The summed E-state index contributed by atoms with van der Waals surface area (Å²) >= 11 is 0. The highest BCUT2D eigenvalue weighted by atomic mass is 19.4. The normalized spacial score (nSPS) is 10.8. The number of nitrogens with one attached hydrogen (secondary N) is 1. The van der Waals surface area contributed by atoms with E-state index < -0.39 is 11.7 Å². The Hall–Kier alpha value is -2.65. The van der Waals surface area contributed by atoms with E-state index in [0.717, 1.165) is 17.7 Å². The van der Waals surface area contributed by atoms with Gasteiger partial charge in [0.15, 0.2) is 0 Å². The first-order valence-electron chi connectivity index (χ1n) is 7.52. The van der Waals surface area contributed by atoms with Gasteiger partial charge in [-0.25, -0.2) is 0 Å². The predicted octanol–water partition coefficient (Wildman–Crippen LogP) is 3.86.